The van der Waals surface area contributed by atoms with Crippen molar-refractivity contribution in [3.63, 3.8) is 0 Å². The summed E-state index contributed by atoms with van der Waals surface area (Å²) in [5.74, 6) is 0. The number of nitrogens with zero attached hydrogens (tertiary/aromatic N) is 1. The van der Waals surface area contributed by atoms with Crippen molar-refractivity contribution in [2.24, 2.45) is 12.8 Å². The first-order valence-corrected chi connectivity index (χ1v) is 4.71. The molecule has 62 valence electrons. The lowest BCUT2D eigenvalue weighted by Gasteiger charge is -1.85. The maximum atomic E-state index is 5.60. The van der Waals surface area contributed by atoms with Gasteiger partial charge < -0.3 is 5.73 Å². The normalized spacial score (nSPS) is 10.8. The Kier molecular flexibility index (Phi) is 1.83. The van der Waals surface area contributed by atoms with Gasteiger partial charge in [-0.1, -0.05) is 23.5 Å². The van der Waals surface area contributed by atoms with Crippen molar-refractivity contribution in [1.29, 1.82) is 0 Å². The Hall–Kier alpha value is -0.930. The predicted molar refractivity (Wildman–Crippen MR) is 50.9 cm³/mol. The average molecular weight is 179 g/mol. The average Bonchev–Trinajstić information content (AvgIpc) is 2.44. The van der Waals surface area contributed by atoms with Crippen molar-refractivity contribution in [3.8, 4) is 0 Å². The van der Waals surface area contributed by atoms with E-state index in [1.54, 1.807) is 11.3 Å². The third kappa shape index (κ3) is 1.02. The van der Waals surface area contributed by atoms with Gasteiger partial charge in [0, 0.05) is 6.07 Å². The molecule has 0 radical (unpaired) electrons. The fraction of sp³-hybridized carbons (Fsp3) is 0.222. The molecule has 2 nitrogen and oxygen atoms in total. The van der Waals surface area contributed by atoms with Gasteiger partial charge in [0.2, 0.25) is 5.52 Å². The van der Waals surface area contributed by atoms with Crippen LogP contribution in [0.3, 0.4) is 0 Å². The number of rotatable bonds is 1. The van der Waals surface area contributed by atoms with E-state index < -0.39 is 0 Å². The van der Waals surface area contributed by atoms with Crippen molar-refractivity contribution in [2.75, 3.05) is 0 Å². The van der Waals surface area contributed by atoms with Gasteiger partial charge in [-0.2, -0.15) is 4.57 Å². The van der Waals surface area contributed by atoms with Crippen LogP contribution < -0.4 is 10.3 Å². The summed E-state index contributed by atoms with van der Waals surface area (Å²) in [6.07, 6.45) is 0. The third-order valence-corrected chi connectivity index (χ3v) is 3.24. The summed E-state index contributed by atoms with van der Waals surface area (Å²) in [5, 5.41) is 1.22. The Balaban J connectivity index is 2.78. The van der Waals surface area contributed by atoms with Crippen LogP contribution in [0.5, 0.6) is 0 Å². The molecule has 2 rings (SSSR count). The fourth-order valence-electron chi connectivity index (χ4n) is 1.33. The molecule has 0 aliphatic heterocycles. The summed E-state index contributed by atoms with van der Waals surface area (Å²) in [6, 6.07) is 8.35. The molecule has 0 unspecified atom stereocenters. The van der Waals surface area contributed by atoms with E-state index in [-0.39, 0.29) is 0 Å². The fourth-order valence-corrected chi connectivity index (χ4v) is 2.36. The molecule has 1 aromatic carbocycles. The van der Waals surface area contributed by atoms with E-state index in [9.17, 15) is 0 Å². The van der Waals surface area contributed by atoms with Gasteiger partial charge in [-0.15, -0.1) is 0 Å². The van der Waals surface area contributed by atoms with Crippen LogP contribution in [-0.4, -0.2) is 0 Å². The van der Waals surface area contributed by atoms with E-state index in [4.69, 9.17) is 5.73 Å². The van der Waals surface area contributed by atoms with Crippen LogP contribution in [0.4, 0.5) is 0 Å². The topological polar surface area (TPSA) is 29.9 Å². The molecule has 2 N–H and O–H groups in total. The van der Waals surface area contributed by atoms with E-state index in [0.29, 0.717) is 6.54 Å². The Morgan fingerprint density at radius 3 is 2.83 bits per heavy atom. The summed E-state index contributed by atoms with van der Waals surface area (Å²) in [6.45, 7) is 0.621. The molecule has 0 amide bonds. The van der Waals surface area contributed by atoms with E-state index >= 15 is 0 Å². The molecule has 1 heterocycles. The molecule has 3 heteroatoms. The Morgan fingerprint density at radius 2 is 2.17 bits per heavy atom. The Labute approximate surface area is 75.3 Å². The highest BCUT2D eigenvalue weighted by molar-refractivity contribution is 7.18. The molecule has 0 bridgehead atoms. The number of para-hydroxylation sites is 1. The second-order valence-corrected chi connectivity index (χ2v) is 3.84. The van der Waals surface area contributed by atoms with Crippen molar-refractivity contribution in [1.82, 2.24) is 0 Å². The van der Waals surface area contributed by atoms with Gasteiger partial charge in [-0.25, -0.2) is 0 Å². The van der Waals surface area contributed by atoms with Crippen LogP contribution in [0, 0.1) is 0 Å². The van der Waals surface area contributed by atoms with Crippen molar-refractivity contribution in [3.05, 3.63) is 29.3 Å². The maximum absolute atomic E-state index is 5.60. The van der Waals surface area contributed by atoms with Crippen molar-refractivity contribution in [2.45, 2.75) is 6.54 Å². The molecule has 0 aliphatic carbocycles. The lowest BCUT2D eigenvalue weighted by atomic mass is 10.3. The molecule has 0 saturated carbocycles. The number of aryl methyl sites for hydroxylation is 1. The van der Waals surface area contributed by atoms with Crippen LogP contribution >= 0.6 is 11.3 Å². The minimum atomic E-state index is 0.621. The van der Waals surface area contributed by atoms with Crippen LogP contribution in [0.25, 0.3) is 10.2 Å². The Morgan fingerprint density at radius 1 is 1.42 bits per heavy atom. The van der Waals surface area contributed by atoms with E-state index in [1.165, 1.54) is 15.2 Å². The van der Waals surface area contributed by atoms with Crippen LogP contribution in [0.15, 0.2) is 24.3 Å². The molecule has 2 aromatic rings. The summed E-state index contributed by atoms with van der Waals surface area (Å²) in [5.41, 5.74) is 6.87. The van der Waals surface area contributed by atoms with E-state index in [2.05, 4.69) is 35.9 Å². The summed E-state index contributed by atoms with van der Waals surface area (Å²) in [7, 11) is 2.06. The van der Waals surface area contributed by atoms with Gasteiger partial charge in [0.25, 0.3) is 5.01 Å². The first kappa shape index (κ1) is 7.71. The molecule has 0 fully saturated rings. The summed E-state index contributed by atoms with van der Waals surface area (Å²) >= 11 is 1.76. The monoisotopic (exact) mass is 179 g/mol. The number of nitrogens with two attached hydrogens (primary N) is 1. The molecule has 0 atom stereocenters. The van der Waals surface area contributed by atoms with Gasteiger partial charge in [-0.05, 0) is 6.07 Å². The quantitative estimate of drug-likeness (QED) is 0.655. The molecule has 0 saturated heterocycles. The SMILES string of the molecule is C[n+]1c(CN)sc2ccccc21. The zero-order valence-corrected chi connectivity index (χ0v) is 7.77. The van der Waals surface area contributed by atoms with Crippen molar-refractivity contribution < 1.29 is 4.57 Å². The molecular weight excluding hydrogens is 168 g/mol. The molecule has 12 heavy (non-hydrogen) atoms. The smallest absolute Gasteiger partial charge is 0.251 e. The molecule has 0 spiro atoms. The highest BCUT2D eigenvalue weighted by Crippen LogP contribution is 2.18. The molecule has 0 aliphatic rings. The van der Waals surface area contributed by atoms with E-state index in [1.807, 2.05) is 0 Å². The summed E-state index contributed by atoms with van der Waals surface area (Å²) in [4.78, 5) is 0. The lowest BCUT2D eigenvalue weighted by Crippen LogP contribution is -2.31. The minimum absolute atomic E-state index is 0.621. The highest BCUT2D eigenvalue weighted by atomic mass is 32.1. The van der Waals surface area contributed by atoms with Crippen LogP contribution in [0.2, 0.25) is 0 Å². The number of hydrogen-bond donors (Lipinski definition) is 1. The number of thiazole rings is 1. The number of aromatic nitrogens is 1. The summed E-state index contributed by atoms with van der Waals surface area (Å²) < 4.78 is 3.46. The van der Waals surface area contributed by atoms with Crippen molar-refractivity contribution >= 4 is 21.6 Å². The standard InChI is InChI=1S/C9H11N2S/c1-11-7-4-2-3-5-8(7)12-9(11)6-10/h2-5H,6,10H2,1H3/q+1. The lowest BCUT2D eigenvalue weighted by molar-refractivity contribution is -0.648. The molecular formula is C9H11N2S+. The van der Waals surface area contributed by atoms with Crippen LogP contribution in [-0.2, 0) is 13.6 Å². The second kappa shape index (κ2) is 2.84. The van der Waals surface area contributed by atoms with Gasteiger partial charge in [0.15, 0.2) is 0 Å². The predicted octanol–water partition coefficient (Wildman–Crippen LogP) is 1.18. The third-order valence-electron chi connectivity index (χ3n) is 2.00. The first-order chi connectivity index (χ1) is 5.83. The van der Waals surface area contributed by atoms with E-state index in [0.717, 1.165) is 0 Å². The Bertz CT molecular complexity index is 406. The zero-order chi connectivity index (χ0) is 8.55. The first-order valence-electron chi connectivity index (χ1n) is 3.89. The largest absolute Gasteiger partial charge is 0.321 e. The maximum Gasteiger partial charge on any atom is 0.251 e. The zero-order valence-electron chi connectivity index (χ0n) is 6.95. The molecule has 1 aromatic heterocycles. The second-order valence-electron chi connectivity index (χ2n) is 2.73. The number of fused-ring (bicyclic) bond motifs is 1. The number of benzene rings is 1. The van der Waals surface area contributed by atoms with Gasteiger partial charge in [0.05, 0.1) is 6.54 Å². The minimum Gasteiger partial charge on any atom is -0.321 e. The van der Waals surface area contributed by atoms with Gasteiger partial charge >= 0.3 is 0 Å². The highest BCUT2D eigenvalue weighted by Gasteiger charge is 2.13. The van der Waals surface area contributed by atoms with Crippen LogP contribution in [0.1, 0.15) is 5.01 Å². The van der Waals surface area contributed by atoms with Gasteiger partial charge in [-0.3, -0.25) is 0 Å². The van der Waals surface area contributed by atoms with Gasteiger partial charge in [0.1, 0.15) is 11.7 Å². The number of hydrogen-bond acceptors (Lipinski definition) is 2.